The molecule has 0 heterocycles. The van der Waals surface area contributed by atoms with Crippen molar-refractivity contribution in [3.05, 3.63) is 59.7 Å². The monoisotopic (exact) mass is 311 g/mol. The van der Waals surface area contributed by atoms with Crippen LogP contribution in [0.25, 0.3) is 0 Å². The molecule has 0 spiro atoms. The number of anilines is 2. The lowest BCUT2D eigenvalue weighted by molar-refractivity contribution is -0.147. The molecule has 0 amide bonds. The van der Waals surface area contributed by atoms with Gasteiger partial charge in [0, 0.05) is 5.69 Å². The van der Waals surface area contributed by atoms with Crippen molar-refractivity contribution in [2.45, 2.75) is 24.7 Å². The first-order valence-electron chi connectivity index (χ1n) is 7.46. The van der Waals surface area contributed by atoms with Gasteiger partial charge in [0.25, 0.3) is 0 Å². The lowest BCUT2D eigenvalue weighted by Gasteiger charge is -2.38. The Hall–Kier alpha value is -2.82. The number of rotatable bonds is 5. The minimum atomic E-state index is -0.996. The quantitative estimate of drug-likeness (QED) is 0.785. The lowest BCUT2D eigenvalue weighted by Crippen LogP contribution is -2.42. The summed E-state index contributed by atoms with van der Waals surface area (Å²) < 4.78 is 0. The summed E-state index contributed by atoms with van der Waals surface area (Å²) >= 11 is 0. The number of para-hydroxylation sites is 1. The Morgan fingerprint density at radius 2 is 1.61 bits per heavy atom. The number of carboxylic acids is 2. The number of hydrogen-bond acceptors (Lipinski definition) is 3. The summed E-state index contributed by atoms with van der Waals surface area (Å²) in [5.74, 6) is -1.77. The number of carbonyl (C=O) groups is 2. The fourth-order valence-corrected chi connectivity index (χ4v) is 2.96. The number of aromatic carboxylic acids is 1. The van der Waals surface area contributed by atoms with Gasteiger partial charge in [-0.05, 0) is 42.7 Å². The van der Waals surface area contributed by atoms with Gasteiger partial charge in [0.15, 0.2) is 0 Å². The summed E-state index contributed by atoms with van der Waals surface area (Å²) in [6.07, 6.45) is 2.26. The lowest BCUT2D eigenvalue weighted by atomic mass is 9.64. The van der Waals surface area contributed by atoms with Crippen molar-refractivity contribution < 1.29 is 19.8 Å². The van der Waals surface area contributed by atoms with Gasteiger partial charge in [0.1, 0.15) is 0 Å². The molecule has 1 saturated carbocycles. The summed E-state index contributed by atoms with van der Waals surface area (Å²) in [6.45, 7) is 0. The first kappa shape index (κ1) is 15.1. The smallest absolute Gasteiger partial charge is 0.337 e. The predicted octanol–water partition coefficient (Wildman–Crippen LogP) is 3.63. The van der Waals surface area contributed by atoms with Crippen LogP contribution in [0.1, 0.15) is 35.2 Å². The molecule has 1 fully saturated rings. The Bertz CT molecular complexity index is 748. The van der Waals surface area contributed by atoms with Crippen LogP contribution >= 0.6 is 0 Å². The van der Waals surface area contributed by atoms with Crippen molar-refractivity contribution in [2.75, 3.05) is 5.32 Å². The SMILES string of the molecule is O=C(O)c1ccccc1Nc1ccc(C2(C(=O)O)CCC2)cc1. The van der Waals surface area contributed by atoms with E-state index in [4.69, 9.17) is 0 Å². The Labute approximate surface area is 133 Å². The first-order chi connectivity index (χ1) is 11.0. The highest BCUT2D eigenvalue weighted by Crippen LogP contribution is 2.44. The Morgan fingerprint density at radius 3 is 2.13 bits per heavy atom. The molecule has 0 aliphatic heterocycles. The van der Waals surface area contributed by atoms with Crippen LogP contribution in [0.4, 0.5) is 11.4 Å². The largest absolute Gasteiger partial charge is 0.481 e. The minimum absolute atomic E-state index is 0.192. The van der Waals surface area contributed by atoms with E-state index in [0.717, 1.165) is 17.7 Å². The molecule has 3 N–H and O–H groups in total. The number of benzene rings is 2. The van der Waals surface area contributed by atoms with Crippen molar-refractivity contribution in [1.82, 2.24) is 0 Å². The van der Waals surface area contributed by atoms with Crippen molar-refractivity contribution in [3.8, 4) is 0 Å². The van der Waals surface area contributed by atoms with Gasteiger partial charge in [-0.25, -0.2) is 4.79 Å². The Balaban J connectivity index is 1.84. The Kier molecular flexibility index (Phi) is 3.78. The minimum Gasteiger partial charge on any atom is -0.481 e. The molecule has 0 radical (unpaired) electrons. The van der Waals surface area contributed by atoms with Crippen molar-refractivity contribution in [3.63, 3.8) is 0 Å². The molecule has 0 saturated heterocycles. The van der Waals surface area contributed by atoms with E-state index >= 15 is 0 Å². The predicted molar refractivity (Wildman–Crippen MR) is 86.3 cm³/mol. The van der Waals surface area contributed by atoms with E-state index in [-0.39, 0.29) is 5.56 Å². The van der Waals surface area contributed by atoms with E-state index in [9.17, 15) is 19.8 Å². The molecule has 2 aromatic carbocycles. The molecule has 1 aliphatic carbocycles. The van der Waals surface area contributed by atoms with Gasteiger partial charge in [-0.15, -0.1) is 0 Å². The van der Waals surface area contributed by atoms with E-state index in [2.05, 4.69) is 5.32 Å². The normalized spacial score (nSPS) is 15.5. The van der Waals surface area contributed by atoms with E-state index in [1.54, 1.807) is 42.5 Å². The molecule has 0 bridgehead atoms. The fourth-order valence-electron chi connectivity index (χ4n) is 2.96. The topological polar surface area (TPSA) is 86.6 Å². The van der Waals surface area contributed by atoms with Gasteiger partial charge < -0.3 is 15.5 Å². The zero-order chi connectivity index (χ0) is 16.4. The van der Waals surface area contributed by atoms with Crippen molar-refractivity contribution in [1.29, 1.82) is 0 Å². The van der Waals surface area contributed by atoms with Crippen LogP contribution in [0, 0.1) is 0 Å². The average Bonchev–Trinajstić information content (AvgIpc) is 2.48. The van der Waals surface area contributed by atoms with Crippen LogP contribution in [-0.2, 0) is 10.2 Å². The number of hydrogen-bond donors (Lipinski definition) is 3. The molecule has 5 heteroatoms. The highest BCUT2D eigenvalue weighted by Gasteiger charge is 2.45. The summed E-state index contributed by atoms with van der Waals surface area (Å²) in [5, 5.41) is 21.7. The van der Waals surface area contributed by atoms with Crippen LogP contribution in [0.15, 0.2) is 48.5 Å². The second-order valence-electron chi connectivity index (χ2n) is 5.79. The van der Waals surface area contributed by atoms with E-state index < -0.39 is 17.4 Å². The molecular formula is C18H17NO4. The maximum absolute atomic E-state index is 11.5. The zero-order valence-electron chi connectivity index (χ0n) is 12.5. The molecule has 0 aromatic heterocycles. The fraction of sp³-hybridized carbons (Fsp3) is 0.222. The van der Waals surface area contributed by atoms with Gasteiger partial charge in [-0.3, -0.25) is 4.79 Å². The third-order valence-electron chi connectivity index (χ3n) is 4.49. The third-order valence-corrected chi connectivity index (χ3v) is 4.49. The maximum Gasteiger partial charge on any atom is 0.337 e. The van der Waals surface area contributed by atoms with E-state index in [0.29, 0.717) is 18.5 Å². The summed E-state index contributed by atoms with van der Waals surface area (Å²) in [7, 11) is 0. The molecule has 0 unspecified atom stereocenters. The van der Waals surface area contributed by atoms with Crippen LogP contribution in [-0.4, -0.2) is 22.2 Å². The van der Waals surface area contributed by atoms with Gasteiger partial charge in [-0.2, -0.15) is 0 Å². The molecule has 1 aliphatic rings. The molecule has 2 aromatic rings. The summed E-state index contributed by atoms with van der Waals surface area (Å²) in [4.78, 5) is 22.7. The van der Waals surface area contributed by atoms with Crippen LogP contribution in [0.3, 0.4) is 0 Å². The van der Waals surface area contributed by atoms with Crippen LogP contribution < -0.4 is 5.32 Å². The number of carboxylic acid groups (broad SMARTS) is 2. The molecular weight excluding hydrogens is 294 g/mol. The van der Waals surface area contributed by atoms with Gasteiger partial charge in [-0.1, -0.05) is 30.7 Å². The molecule has 3 rings (SSSR count). The number of aliphatic carboxylic acids is 1. The molecule has 5 nitrogen and oxygen atoms in total. The zero-order valence-corrected chi connectivity index (χ0v) is 12.5. The standard InChI is InChI=1S/C18H17NO4/c20-16(21)14-4-1-2-5-15(14)19-13-8-6-12(7-9-13)18(17(22)23)10-3-11-18/h1-2,4-9,19H,3,10-11H2,(H,20,21)(H,22,23). The van der Waals surface area contributed by atoms with Gasteiger partial charge in [0.2, 0.25) is 0 Å². The Morgan fingerprint density at radius 1 is 0.957 bits per heavy atom. The molecule has 0 atom stereocenters. The van der Waals surface area contributed by atoms with Crippen molar-refractivity contribution in [2.24, 2.45) is 0 Å². The van der Waals surface area contributed by atoms with Crippen LogP contribution in [0.2, 0.25) is 0 Å². The summed E-state index contributed by atoms with van der Waals surface area (Å²) in [5.41, 5.74) is 1.47. The molecule has 23 heavy (non-hydrogen) atoms. The number of nitrogens with one attached hydrogen (secondary N) is 1. The highest BCUT2D eigenvalue weighted by molar-refractivity contribution is 5.95. The second kappa shape index (κ2) is 5.76. The summed E-state index contributed by atoms with van der Waals surface area (Å²) in [6, 6.07) is 13.8. The van der Waals surface area contributed by atoms with Gasteiger partial charge in [0.05, 0.1) is 16.7 Å². The second-order valence-corrected chi connectivity index (χ2v) is 5.79. The third kappa shape index (κ3) is 2.65. The molecule has 118 valence electrons. The maximum atomic E-state index is 11.5. The van der Waals surface area contributed by atoms with Gasteiger partial charge >= 0.3 is 11.9 Å². The van der Waals surface area contributed by atoms with Crippen molar-refractivity contribution >= 4 is 23.3 Å². The van der Waals surface area contributed by atoms with Crippen LogP contribution in [0.5, 0.6) is 0 Å². The van der Waals surface area contributed by atoms with E-state index in [1.165, 1.54) is 6.07 Å². The highest BCUT2D eigenvalue weighted by atomic mass is 16.4. The van der Waals surface area contributed by atoms with E-state index in [1.807, 2.05) is 0 Å². The first-order valence-corrected chi connectivity index (χ1v) is 7.46. The average molecular weight is 311 g/mol.